The average Bonchev–Trinajstić information content (AvgIpc) is 1.75. The summed E-state index contributed by atoms with van der Waals surface area (Å²) in [6.07, 6.45) is 53.9. The molecule has 14 rings (SSSR count). The number of fused-ring (bicyclic) bond motifs is 14. The lowest BCUT2D eigenvalue weighted by Crippen LogP contribution is -2.32. The van der Waals surface area contributed by atoms with Crippen molar-refractivity contribution in [2.45, 2.75) is 370 Å². The second-order valence-electron chi connectivity index (χ2n) is 42.1. The molecule has 0 aliphatic heterocycles. The molecule has 14 aliphatic carbocycles. The van der Waals surface area contributed by atoms with Crippen LogP contribution in [-0.4, -0.2) is 0 Å². The van der Waals surface area contributed by atoms with E-state index in [-0.39, 0.29) is 0 Å². The van der Waals surface area contributed by atoms with Gasteiger partial charge in [-0.05, 0) is 432 Å². The maximum absolute atomic E-state index is 2.45. The molecule has 14 unspecified atom stereocenters. The van der Waals surface area contributed by atoms with Gasteiger partial charge in [-0.25, -0.2) is 0 Å². The van der Waals surface area contributed by atoms with E-state index in [0.29, 0.717) is 0 Å². The third-order valence-corrected chi connectivity index (χ3v) is 30.5. The predicted octanol–water partition coefficient (Wildman–Crippen LogP) is 28.7. The minimum atomic E-state index is 0.929. The SMILES string of the molecule is CC1CC2CC(C1)CC(C(C)C)C2.CC1C[C@@H]2CC(C(C)C)C[C@H](C1)C2.CC1C[C@@H]2CC(C(C)C)C[C@H](C1)C2.CC1C[C@@H]2CC(C(C)C)C[C@H](C1)C2.CC1C[C@@H]2CC(C(C)C)C[C@H](C1)C2.CC1C[C@@H]2CC(C(C)C)C[C@H](C1)C2.CC1C[C@@H]2CC(C(C)C)C[C@H](C1)C2. The van der Waals surface area contributed by atoms with Crippen LogP contribution in [0.2, 0.25) is 0 Å². The lowest BCUT2D eigenvalue weighted by atomic mass is 9.63. The summed E-state index contributed by atoms with van der Waals surface area (Å²) in [7, 11) is 0. The summed E-state index contributed by atoms with van der Waals surface area (Å²) >= 11 is 0. The van der Waals surface area contributed by atoms with Gasteiger partial charge in [0.2, 0.25) is 0 Å². The van der Waals surface area contributed by atoms with Gasteiger partial charge in [-0.3, -0.25) is 0 Å². The highest BCUT2D eigenvalue weighted by Crippen LogP contribution is 2.53. The van der Waals surface area contributed by atoms with Crippen molar-refractivity contribution in [1.29, 1.82) is 0 Å². The second kappa shape index (κ2) is 36.4. The zero-order valence-electron chi connectivity index (χ0n) is 66.0. The van der Waals surface area contributed by atoms with Gasteiger partial charge in [-0.2, -0.15) is 0 Å². The molecule has 0 heterocycles. The van der Waals surface area contributed by atoms with Crippen LogP contribution in [0.1, 0.15) is 370 Å². The van der Waals surface area contributed by atoms with E-state index in [1.54, 1.807) is 135 Å². The first kappa shape index (κ1) is 76.7. The van der Waals surface area contributed by atoms with Crippen LogP contribution >= 0.6 is 0 Å². The molecule has 14 aliphatic rings. The van der Waals surface area contributed by atoms with Crippen LogP contribution in [0.3, 0.4) is 0 Å². The summed E-state index contributed by atoms with van der Waals surface area (Å²) in [5.41, 5.74) is 0. The highest BCUT2D eigenvalue weighted by atomic mass is 14.5. The van der Waals surface area contributed by atoms with Gasteiger partial charge in [0.05, 0.1) is 0 Å². The first-order chi connectivity index (χ1) is 43.0. The van der Waals surface area contributed by atoms with Gasteiger partial charge in [0, 0.05) is 0 Å². The summed E-state index contributed by atoms with van der Waals surface area (Å²) < 4.78 is 0. The molecule has 26 atom stereocenters. The molecular formula is C91H168. The molecule has 0 aromatic heterocycles. The van der Waals surface area contributed by atoms with Gasteiger partial charge >= 0.3 is 0 Å². The van der Waals surface area contributed by atoms with Crippen LogP contribution in [0.25, 0.3) is 0 Å². The average molecular weight is 1260 g/mol. The Kier molecular flexibility index (Phi) is 30.7. The Hall–Kier alpha value is 0. The Morgan fingerprint density at radius 2 is 0.198 bits per heavy atom. The van der Waals surface area contributed by atoms with Crippen LogP contribution in [0, 0.1) is 207 Å². The molecule has 14 fully saturated rings. The summed E-state index contributed by atoms with van der Waals surface area (Å²) in [5.74, 6) is 36.3. The van der Waals surface area contributed by atoms with Gasteiger partial charge < -0.3 is 0 Å². The maximum Gasteiger partial charge on any atom is -0.0386 e. The van der Waals surface area contributed by atoms with Gasteiger partial charge in [-0.1, -0.05) is 145 Å². The zero-order valence-corrected chi connectivity index (χ0v) is 66.0. The molecular weight excluding hydrogens is 1090 g/mol. The molecule has 0 radical (unpaired) electrons. The molecule has 0 aromatic carbocycles. The van der Waals surface area contributed by atoms with E-state index in [9.17, 15) is 0 Å². The molecule has 0 amide bonds. The van der Waals surface area contributed by atoms with Crippen molar-refractivity contribution < 1.29 is 0 Å². The van der Waals surface area contributed by atoms with Crippen LogP contribution in [0.5, 0.6) is 0 Å². The predicted molar refractivity (Wildman–Crippen MR) is 403 cm³/mol. The van der Waals surface area contributed by atoms with Crippen LogP contribution in [-0.2, 0) is 0 Å². The highest BCUT2D eigenvalue weighted by Gasteiger charge is 2.42. The second-order valence-corrected chi connectivity index (χ2v) is 42.1. The van der Waals surface area contributed by atoms with Crippen molar-refractivity contribution in [2.24, 2.45) is 207 Å². The summed E-state index contributed by atoms with van der Waals surface area (Å²) in [5, 5.41) is 0. The molecule has 14 saturated carbocycles. The Balaban J connectivity index is 0.000000137. The van der Waals surface area contributed by atoms with Crippen LogP contribution in [0.4, 0.5) is 0 Å². The normalized spacial score (nSPS) is 45.2. The van der Waals surface area contributed by atoms with E-state index in [0.717, 1.165) is 207 Å². The number of hydrogen-bond donors (Lipinski definition) is 0. The topological polar surface area (TPSA) is 0 Å². The maximum atomic E-state index is 2.45. The van der Waals surface area contributed by atoms with E-state index in [4.69, 9.17) is 0 Å². The summed E-state index contributed by atoms with van der Waals surface area (Å²) in [6, 6.07) is 0. The van der Waals surface area contributed by atoms with Gasteiger partial charge in [-0.15, -0.1) is 0 Å². The Labute approximate surface area is 574 Å². The minimum Gasteiger partial charge on any atom is -0.0625 e. The largest absolute Gasteiger partial charge is 0.0625 e. The number of hydrogen-bond acceptors (Lipinski definition) is 0. The van der Waals surface area contributed by atoms with E-state index in [1.165, 1.54) is 89.9 Å². The minimum absolute atomic E-state index is 0.929. The highest BCUT2D eigenvalue weighted by molar-refractivity contribution is 4.93. The third-order valence-electron chi connectivity index (χ3n) is 30.5. The quantitative estimate of drug-likeness (QED) is 0.238. The monoisotopic (exact) mass is 1260 g/mol. The molecule has 532 valence electrons. The lowest BCUT2D eigenvalue weighted by Gasteiger charge is -2.43. The van der Waals surface area contributed by atoms with Crippen molar-refractivity contribution in [1.82, 2.24) is 0 Å². The standard InChI is InChI=1S/7C13H24/c7*1-9(2)13-7-11-4-10(3)5-12(6-11)8-13/h7*9-13H,4-8H2,1-3H3/t6*10?,11-,12+,13?;. The smallest absolute Gasteiger partial charge is 0.0386 e. The summed E-state index contributed by atoms with van der Waals surface area (Å²) in [4.78, 5) is 0. The fourth-order valence-corrected chi connectivity index (χ4v) is 26.5. The van der Waals surface area contributed by atoms with Crippen molar-refractivity contribution in [3.8, 4) is 0 Å². The van der Waals surface area contributed by atoms with Gasteiger partial charge in [0.25, 0.3) is 0 Å². The molecule has 0 saturated heterocycles. The first-order valence-corrected chi connectivity index (χ1v) is 43.0. The van der Waals surface area contributed by atoms with Crippen molar-refractivity contribution in [3.05, 3.63) is 0 Å². The van der Waals surface area contributed by atoms with Gasteiger partial charge in [0.1, 0.15) is 0 Å². The molecule has 0 nitrogen and oxygen atoms in total. The van der Waals surface area contributed by atoms with E-state index >= 15 is 0 Å². The van der Waals surface area contributed by atoms with Crippen molar-refractivity contribution in [2.75, 3.05) is 0 Å². The molecule has 0 N–H and O–H groups in total. The Bertz CT molecular complexity index is 1460. The van der Waals surface area contributed by atoms with E-state index in [1.807, 2.05) is 0 Å². The Morgan fingerprint density at radius 1 is 0.121 bits per heavy atom. The van der Waals surface area contributed by atoms with Crippen molar-refractivity contribution >= 4 is 0 Å². The first-order valence-electron chi connectivity index (χ1n) is 43.0. The van der Waals surface area contributed by atoms with E-state index in [2.05, 4.69) is 145 Å². The molecule has 0 aromatic rings. The van der Waals surface area contributed by atoms with Crippen molar-refractivity contribution in [3.63, 3.8) is 0 Å². The fourth-order valence-electron chi connectivity index (χ4n) is 26.5. The lowest BCUT2D eigenvalue weighted by molar-refractivity contribution is 0.0832. The molecule has 0 spiro atoms. The number of rotatable bonds is 7. The van der Waals surface area contributed by atoms with Crippen LogP contribution < -0.4 is 0 Å². The van der Waals surface area contributed by atoms with E-state index < -0.39 is 0 Å². The fraction of sp³-hybridized carbons (Fsp3) is 1.00. The molecule has 0 heteroatoms. The molecule has 91 heavy (non-hydrogen) atoms. The summed E-state index contributed by atoms with van der Waals surface area (Å²) in [6.45, 7) is 50.9. The molecule has 14 bridgehead atoms. The zero-order chi connectivity index (χ0) is 66.0. The Morgan fingerprint density at radius 3 is 0.264 bits per heavy atom. The third kappa shape index (κ3) is 24.7. The van der Waals surface area contributed by atoms with Crippen LogP contribution in [0.15, 0.2) is 0 Å². The van der Waals surface area contributed by atoms with Gasteiger partial charge in [0.15, 0.2) is 0 Å².